The van der Waals surface area contributed by atoms with Gasteiger partial charge >= 0.3 is 0 Å². The second-order valence-electron chi connectivity index (χ2n) is 5.33. The number of sulfonamides is 1. The fraction of sp³-hybridized carbons (Fsp3) is 0.294. The lowest BCUT2D eigenvalue weighted by atomic mass is 10.1. The smallest absolute Gasteiger partial charge is 0.215 e. The van der Waals surface area contributed by atoms with Crippen LogP contribution in [0.25, 0.3) is 0 Å². The van der Waals surface area contributed by atoms with Crippen LogP contribution in [0.5, 0.6) is 5.75 Å². The minimum atomic E-state index is -3.52. The van der Waals surface area contributed by atoms with E-state index in [-0.39, 0.29) is 12.3 Å². The third kappa shape index (κ3) is 5.06. The van der Waals surface area contributed by atoms with Crippen molar-refractivity contribution in [2.45, 2.75) is 18.8 Å². The van der Waals surface area contributed by atoms with Crippen LogP contribution < -0.4 is 9.46 Å². The van der Waals surface area contributed by atoms with E-state index in [0.29, 0.717) is 11.3 Å². The molecule has 2 rings (SSSR count). The molecule has 0 saturated carbocycles. The topological polar surface area (TPSA) is 75.6 Å². The molecule has 0 fully saturated rings. The standard InChI is InChI=1S/C17H21NO4S/c1-13-6-3-4-7-15(13)12-23(20,21)18-11-17(19)14-8-5-9-16(10-14)22-2/h3-10,17-19H,11-12H2,1-2H3. The summed E-state index contributed by atoms with van der Waals surface area (Å²) in [4.78, 5) is 0. The van der Waals surface area contributed by atoms with E-state index in [2.05, 4.69) is 4.72 Å². The summed E-state index contributed by atoms with van der Waals surface area (Å²) in [5.74, 6) is 0.508. The molecule has 0 aliphatic heterocycles. The fourth-order valence-electron chi connectivity index (χ4n) is 2.20. The van der Waals surface area contributed by atoms with E-state index in [1.807, 2.05) is 25.1 Å². The van der Waals surface area contributed by atoms with E-state index >= 15 is 0 Å². The molecule has 0 bridgehead atoms. The number of hydrogen-bond donors (Lipinski definition) is 2. The summed E-state index contributed by atoms with van der Waals surface area (Å²) in [6, 6.07) is 14.2. The lowest BCUT2D eigenvalue weighted by Crippen LogP contribution is -2.29. The van der Waals surface area contributed by atoms with Gasteiger partial charge in [-0.15, -0.1) is 0 Å². The second-order valence-corrected chi connectivity index (χ2v) is 7.13. The lowest BCUT2D eigenvalue weighted by molar-refractivity contribution is 0.181. The Balaban J connectivity index is 1.99. The molecule has 2 aromatic rings. The number of aliphatic hydroxyl groups is 1. The minimum absolute atomic E-state index is 0.0820. The minimum Gasteiger partial charge on any atom is -0.497 e. The van der Waals surface area contributed by atoms with Crippen LogP contribution in [0.1, 0.15) is 22.8 Å². The summed E-state index contributed by atoms with van der Waals surface area (Å²) in [6.07, 6.45) is -0.934. The van der Waals surface area contributed by atoms with Gasteiger partial charge in [0.05, 0.1) is 19.0 Å². The van der Waals surface area contributed by atoms with Gasteiger partial charge in [-0.05, 0) is 35.7 Å². The van der Waals surface area contributed by atoms with Crippen LogP contribution in [-0.4, -0.2) is 27.2 Å². The van der Waals surface area contributed by atoms with E-state index in [9.17, 15) is 13.5 Å². The molecule has 0 amide bonds. The van der Waals surface area contributed by atoms with Gasteiger partial charge < -0.3 is 9.84 Å². The number of benzene rings is 2. The highest BCUT2D eigenvalue weighted by Gasteiger charge is 2.16. The van der Waals surface area contributed by atoms with E-state index in [1.165, 1.54) is 7.11 Å². The van der Waals surface area contributed by atoms with Crippen LogP contribution in [0, 0.1) is 6.92 Å². The van der Waals surface area contributed by atoms with Crippen LogP contribution >= 0.6 is 0 Å². The molecule has 0 spiro atoms. The zero-order chi connectivity index (χ0) is 16.9. The van der Waals surface area contributed by atoms with Crippen molar-refractivity contribution < 1.29 is 18.3 Å². The van der Waals surface area contributed by atoms with E-state index in [1.54, 1.807) is 30.3 Å². The average Bonchev–Trinajstić information content (AvgIpc) is 2.55. The van der Waals surface area contributed by atoms with Crippen molar-refractivity contribution >= 4 is 10.0 Å². The first-order chi connectivity index (χ1) is 10.9. The van der Waals surface area contributed by atoms with Crippen molar-refractivity contribution in [3.63, 3.8) is 0 Å². The molecule has 124 valence electrons. The van der Waals surface area contributed by atoms with Gasteiger partial charge in [-0.3, -0.25) is 0 Å². The summed E-state index contributed by atoms with van der Waals surface area (Å²) < 4.78 is 31.9. The van der Waals surface area contributed by atoms with E-state index < -0.39 is 16.1 Å². The van der Waals surface area contributed by atoms with Crippen molar-refractivity contribution in [3.05, 3.63) is 65.2 Å². The van der Waals surface area contributed by atoms with Crippen LogP contribution in [0.15, 0.2) is 48.5 Å². The molecule has 23 heavy (non-hydrogen) atoms. The van der Waals surface area contributed by atoms with E-state index in [4.69, 9.17) is 4.74 Å². The molecule has 0 aliphatic rings. The molecular formula is C17H21NO4S. The van der Waals surface area contributed by atoms with Gasteiger partial charge in [0.2, 0.25) is 10.0 Å². The Labute approximate surface area is 137 Å². The van der Waals surface area contributed by atoms with Crippen LogP contribution in [0.3, 0.4) is 0 Å². The molecule has 6 heteroatoms. The molecule has 0 saturated heterocycles. The molecular weight excluding hydrogens is 314 g/mol. The monoisotopic (exact) mass is 335 g/mol. The summed E-state index contributed by atoms with van der Waals surface area (Å²) in [7, 11) is -1.98. The molecule has 1 atom stereocenters. The second kappa shape index (κ2) is 7.59. The molecule has 0 radical (unpaired) electrons. The molecule has 0 aromatic heterocycles. The summed E-state index contributed by atoms with van der Waals surface area (Å²) in [5.41, 5.74) is 2.27. The number of nitrogens with one attached hydrogen (secondary N) is 1. The third-order valence-corrected chi connectivity index (χ3v) is 4.88. The van der Waals surface area contributed by atoms with Crippen molar-refractivity contribution in [3.8, 4) is 5.75 Å². The summed E-state index contributed by atoms with van der Waals surface area (Å²) >= 11 is 0. The lowest BCUT2D eigenvalue weighted by Gasteiger charge is -2.14. The number of methoxy groups -OCH3 is 1. The number of aryl methyl sites for hydroxylation is 1. The van der Waals surface area contributed by atoms with Gasteiger partial charge in [-0.25, -0.2) is 13.1 Å². The normalized spacial score (nSPS) is 12.8. The third-order valence-electron chi connectivity index (χ3n) is 3.58. The number of ether oxygens (including phenoxy) is 1. The Morgan fingerprint density at radius 3 is 2.61 bits per heavy atom. The Hall–Kier alpha value is -1.89. The fourth-order valence-corrected chi connectivity index (χ4v) is 3.45. The molecule has 2 N–H and O–H groups in total. The molecule has 2 aromatic carbocycles. The quantitative estimate of drug-likeness (QED) is 0.813. The van der Waals surface area contributed by atoms with Crippen molar-refractivity contribution in [2.75, 3.05) is 13.7 Å². The Morgan fingerprint density at radius 1 is 1.17 bits per heavy atom. The molecule has 1 unspecified atom stereocenters. The Bertz CT molecular complexity index is 759. The van der Waals surface area contributed by atoms with Gasteiger partial charge in [0.25, 0.3) is 0 Å². The zero-order valence-electron chi connectivity index (χ0n) is 13.2. The largest absolute Gasteiger partial charge is 0.497 e. The van der Waals surface area contributed by atoms with Crippen molar-refractivity contribution in [1.82, 2.24) is 4.72 Å². The van der Waals surface area contributed by atoms with Crippen LogP contribution in [0.4, 0.5) is 0 Å². The first kappa shape index (κ1) is 17.5. The van der Waals surface area contributed by atoms with Crippen molar-refractivity contribution in [1.29, 1.82) is 0 Å². The molecule has 5 nitrogen and oxygen atoms in total. The highest BCUT2D eigenvalue weighted by Crippen LogP contribution is 2.19. The first-order valence-electron chi connectivity index (χ1n) is 7.25. The maximum absolute atomic E-state index is 12.2. The molecule has 0 aliphatic carbocycles. The highest BCUT2D eigenvalue weighted by molar-refractivity contribution is 7.88. The van der Waals surface area contributed by atoms with Gasteiger partial charge in [0.15, 0.2) is 0 Å². The van der Waals surface area contributed by atoms with Gasteiger partial charge in [0.1, 0.15) is 5.75 Å². The average molecular weight is 335 g/mol. The molecule has 0 heterocycles. The summed E-state index contributed by atoms with van der Waals surface area (Å²) in [5, 5.41) is 10.1. The highest BCUT2D eigenvalue weighted by atomic mass is 32.2. The summed E-state index contributed by atoms with van der Waals surface area (Å²) in [6.45, 7) is 1.79. The Kier molecular flexibility index (Phi) is 5.76. The maximum Gasteiger partial charge on any atom is 0.215 e. The number of rotatable bonds is 7. The van der Waals surface area contributed by atoms with Gasteiger partial charge in [-0.1, -0.05) is 36.4 Å². The predicted octanol–water partition coefficient (Wildman–Crippen LogP) is 2.16. The number of aliphatic hydroxyl groups excluding tert-OH is 1. The Morgan fingerprint density at radius 2 is 1.91 bits per heavy atom. The first-order valence-corrected chi connectivity index (χ1v) is 8.90. The maximum atomic E-state index is 12.2. The zero-order valence-corrected chi connectivity index (χ0v) is 14.0. The van der Waals surface area contributed by atoms with Crippen LogP contribution in [-0.2, 0) is 15.8 Å². The van der Waals surface area contributed by atoms with Gasteiger partial charge in [-0.2, -0.15) is 0 Å². The SMILES string of the molecule is COc1cccc(C(O)CNS(=O)(=O)Cc2ccccc2C)c1. The van der Waals surface area contributed by atoms with Crippen LogP contribution in [0.2, 0.25) is 0 Å². The van der Waals surface area contributed by atoms with E-state index in [0.717, 1.165) is 11.1 Å². The predicted molar refractivity (Wildman–Crippen MR) is 89.8 cm³/mol. The number of hydrogen-bond acceptors (Lipinski definition) is 4. The van der Waals surface area contributed by atoms with Crippen molar-refractivity contribution in [2.24, 2.45) is 0 Å². The van der Waals surface area contributed by atoms with Gasteiger partial charge in [0, 0.05) is 6.54 Å².